The number of aliphatic hydroxyl groups is 1. The fourth-order valence-electron chi connectivity index (χ4n) is 2.70. The molecule has 0 radical (unpaired) electrons. The lowest BCUT2D eigenvalue weighted by Crippen LogP contribution is -2.45. The first kappa shape index (κ1) is 16.4. The number of nitrogens with zero attached hydrogens (tertiary/aromatic N) is 1. The number of hydrogen-bond acceptors (Lipinski definition) is 4. The Hall–Kier alpha value is -0.950. The minimum atomic E-state index is -3.52. The van der Waals surface area contributed by atoms with Crippen molar-refractivity contribution in [1.29, 1.82) is 0 Å². The summed E-state index contributed by atoms with van der Waals surface area (Å²) in [6, 6.07) is 6.88. The zero-order valence-corrected chi connectivity index (χ0v) is 13.4. The summed E-state index contributed by atoms with van der Waals surface area (Å²) in [6.07, 6.45) is 2.55. The largest absolute Gasteiger partial charge is 0.395 e. The molecule has 2 unspecified atom stereocenters. The third-order valence-corrected chi connectivity index (χ3v) is 6.17. The molecule has 0 saturated carbocycles. The molecule has 0 aliphatic carbocycles. The second kappa shape index (κ2) is 6.87. The molecule has 0 amide bonds. The highest BCUT2D eigenvalue weighted by atomic mass is 32.2. The van der Waals surface area contributed by atoms with Crippen LogP contribution in [0, 0.1) is 0 Å². The molecule has 1 aliphatic heterocycles. The van der Waals surface area contributed by atoms with Gasteiger partial charge in [0.25, 0.3) is 0 Å². The van der Waals surface area contributed by atoms with Crippen LogP contribution in [0.2, 0.25) is 0 Å². The minimum absolute atomic E-state index is 0.117. The van der Waals surface area contributed by atoms with Crippen molar-refractivity contribution in [2.75, 3.05) is 20.2 Å². The molecular weight excluding hydrogens is 288 g/mol. The van der Waals surface area contributed by atoms with Crippen LogP contribution in [0.3, 0.4) is 0 Å². The fraction of sp³-hybridized carbons (Fsp3) is 0.600. The highest BCUT2D eigenvalue weighted by molar-refractivity contribution is 7.89. The third-order valence-electron chi connectivity index (χ3n) is 4.20. The van der Waals surface area contributed by atoms with E-state index in [0.717, 1.165) is 24.8 Å². The van der Waals surface area contributed by atoms with E-state index in [9.17, 15) is 13.5 Å². The molecule has 0 spiro atoms. The second-order valence-electron chi connectivity index (χ2n) is 5.53. The Morgan fingerprint density at radius 2 is 2.00 bits per heavy atom. The standard InChI is InChI=1S/C15H24N2O3S/c1-12(16-2)13-6-8-15(9-7-13)21(19,20)17-10-4-3-5-14(17)11-18/h6-9,12,14,16,18H,3-5,10-11H2,1-2H3. The molecule has 6 heteroatoms. The van der Waals surface area contributed by atoms with Gasteiger partial charge in [0.15, 0.2) is 0 Å². The molecular formula is C15H24N2O3S. The summed E-state index contributed by atoms with van der Waals surface area (Å²) < 4.78 is 26.9. The molecule has 21 heavy (non-hydrogen) atoms. The van der Waals surface area contributed by atoms with E-state index in [0.29, 0.717) is 11.4 Å². The maximum atomic E-state index is 12.7. The number of aliphatic hydroxyl groups excluding tert-OH is 1. The summed E-state index contributed by atoms with van der Waals surface area (Å²) >= 11 is 0. The maximum Gasteiger partial charge on any atom is 0.243 e. The number of piperidine rings is 1. The van der Waals surface area contributed by atoms with E-state index in [1.807, 2.05) is 26.1 Å². The Bertz CT molecular complexity index is 557. The number of benzene rings is 1. The van der Waals surface area contributed by atoms with Gasteiger partial charge < -0.3 is 10.4 Å². The molecule has 1 fully saturated rings. The molecule has 1 aliphatic rings. The topological polar surface area (TPSA) is 69.6 Å². The molecule has 1 saturated heterocycles. The van der Waals surface area contributed by atoms with Crippen LogP contribution in [0.4, 0.5) is 0 Å². The van der Waals surface area contributed by atoms with Gasteiger partial charge in [-0.3, -0.25) is 0 Å². The SMILES string of the molecule is CNC(C)c1ccc(S(=O)(=O)N2CCCCC2CO)cc1. The quantitative estimate of drug-likeness (QED) is 0.864. The van der Waals surface area contributed by atoms with Crippen LogP contribution in [-0.4, -0.2) is 44.1 Å². The molecule has 1 aromatic rings. The minimum Gasteiger partial charge on any atom is -0.395 e. The zero-order chi connectivity index (χ0) is 15.5. The Kier molecular flexibility index (Phi) is 5.37. The van der Waals surface area contributed by atoms with Crippen LogP contribution in [-0.2, 0) is 10.0 Å². The predicted molar refractivity (Wildman–Crippen MR) is 82.5 cm³/mol. The molecule has 0 bridgehead atoms. The van der Waals surface area contributed by atoms with Gasteiger partial charge in [-0.05, 0) is 44.5 Å². The highest BCUT2D eigenvalue weighted by Gasteiger charge is 2.32. The Balaban J connectivity index is 2.26. The highest BCUT2D eigenvalue weighted by Crippen LogP contribution is 2.26. The van der Waals surface area contributed by atoms with E-state index in [4.69, 9.17) is 0 Å². The Morgan fingerprint density at radius 1 is 1.33 bits per heavy atom. The molecule has 1 aromatic carbocycles. The van der Waals surface area contributed by atoms with Gasteiger partial charge in [-0.15, -0.1) is 0 Å². The van der Waals surface area contributed by atoms with Crippen molar-refractivity contribution in [1.82, 2.24) is 9.62 Å². The van der Waals surface area contributed by atoms with Crippen molar-refractivity contribution < 1.29 is 13.5 Å². The van der Waals surface area contributed by atoms with Crippen molar-refractivity contribution in [3.05, 3.63) is 29.8 Å². The first-order valence-corrected chi connectivity index (χ1v) is 8.84. The van der Waals surface area contributed by atoms with E-state index in [1.54, 1.807) is 12.1 Å². The summed E-state index contributed by atoms with van der Waals surface area (Å²) in [5.74, 6) is 0. The molecule has 2 atom stereocenters. The second-order valence-corrected chi connectivity index (χ2v) is 7.42. The smallest absolute Gasteiger partial charge is 0.243 e. The lowest BCUT2D eigenvalue weighted by atomic mass is 10.1. The van der Waals surface area contributed by atoms with E-state index >= 15 is 0 Å². The van der Waals surface area contributed by atoms with Crippen LogP contribution >= 0.6 is 0 Å². The monoisotopic (exact) mass is 312 g/mol. The van der Waals surface area contributed by atoms with Crippen molar-refractivity contribution in [3.63, 3.8) is 0 Å². The van der Waals surface area contributed by atoms with Gasteiger partial charge in [0.2, 0.25) is 10.0 Å². The maximum absolute atomic E-state index is 12.7. The van der Waals surface area contributed by atoms with Crippen LogP contribution in [0.1, 0.15) is 37.8 Å². The van der Waals surface area contributed by atoms with Crippen molar-refractivity contribution in [2.24, 2.45) is 0 Å². The van der Waals surface area contributed by atoms with Gasteiger partial charge in [-0.25, -0.2) is 8.42 Å². The normalized spacial score (nSPS) is 22.1. The number of hydrogen-bond donors (Lipinski definition) is 2. The van der Waals surface area contributed by atoms with Gasteiger partial charge in [0, 0.05) is 18.6 Å². The third kappa shape index (κ3) is 3.45. The van der Waals surface area contributed by atoms with Crippen LogP contribution in [0.5, 0.6) is 0 Å². The molecule has 1 heterocycles. The summed E-state index contributed by atoms with van der Waals surface area (Å²) in [5.41, 5.74) is 1.05. The average Bonchev–Trinajstić information content (AvgIpc) is 2.54. The molecule has 5 nitrogen and oxygen atoms in total. The van der Waals surface area contributed by atoms with Crippen molar-refractivity contribution in [2.45, 2.75) is 43.2 Å². The number of nitrogens with one attached hydrogen (secondary N) is 1. The lowest BCUT2D eigenvalue weighted by molar-refractivity contribution is 0.155. The summed E-state index contributed by atoms with van der Waals surface area (Å²) in [6.45, 7) is 2.40. The predicted octanol–water partition coefficient (Wildman–Crippen LogP) is 1.50. The Morgan fingerprint density at radius 3 is 2.57 bits per heavy atom. The van der Waals surface area contributed by atoms with Gasteiger partial charge in [0.05, 0.1) is 11.5 Å². The van der Waals surface area contributed by atoms with E-state index in [1.165, 1.54) is 4.31 Å². The summed E-state index contributed by atoms with van der Waals surface area (Å²) in [5, 5.41) is 12.5. The van der Waals surface area contributed by atoms with Gasteiger partial charge in [0.1, 0.15) is 0 Å². The average molecular weight is 312 g/mol. The Labute approximate surface area is 127 Å². The molecule has 0 aromatic heterocycles. The molecule has 2 N–H and O–H groups in total. The number of sulfonamides is 1. The van der Waals surface area contributed by atoms with Crippen LogP contribution in [0.15, 0.2) is 29.2 Å². The van der Waals surface area contributed by atoms with Gasteiger partial charge in [-0.1, -0.05) is 18.6 Å². The van der Waals surface area contributed by atoms with Gasteiger partial charge >= 0.3 is 0 Å². The molecule has 118 valence electrons. The van der Waals surface area contributed by atoms with E-state index in [-0.39, 0.29) is 18.7 Å². The zero-order valence-electron chi connectivity index (χ0n) is 12.6. The van der Waals surface area contributed by atoms with Crippen LogP contribution in [0.25, 0.3) is 0 Å². The first-order chi connectivity index (χ1) is 10.0. The van der Waals surface area contributed by atoms with Crippen molar-refractivity contribution in [3.8, 4) is 0 Å². The lowest BCUT2D eigenvalue weighted by Gasteiger charge is -2.33. The molecule has 2 rings (SSSR count). The van der Waals surface area contributed by atoms with Gasteiger partial charge in [-0.2, -0.15) is 4.31 Å². The van der Waals surface area contributed by atoms with E-state index in [2.05, 4.69) is 5.32 Å². The van der Waals surface area contributed by atoms with E-state index < -0.39 is 10.0 Å². The summed E-state index contributed by atoms with van der Waals surface area (Å²) in [7, 11) is -1.65. The first-order valence-electron chi connectivity index (χ1n) is 7.40. The summed E-state index contributed by atoms with van der Waals surface area (Å²) in [4.78, 5) is 0.301. The van der Waals surface area contributed by atoms with Crippen molar-refractivity contribution >= 4 is 10.0 Å². The fourth-order valence-corrected chi connectivity index (χ4v) is 4.39. The van der Waals surface area contributed by atoms with Crippen LogP contribution < -0.4 is 5.32 Å². The number of rotatable bonds is 5.